The van der Waals surface area contributed by atoms with E-state index < -0.39 is 23.6 Å². The summed E-state index contributed by atoms with van der Waals surface area (Å²) in [5.74, 6) is -1.18. The molecule has 0 saturated heterocycles. The summed E-state index contributed by atoms with van der Waals surface area (Å²) in [7, 11) is 0. The third-order valence-corrected chi connectivity index (χ3v) is 4.19. The number of hydrogen-bond donors (Lipinski definition) is 2. The van der Waals surface area contributed by atoms with Gasteiger partial charge in [-0.25, -0.2) is 0 Å². The third-order valence-electron chi connectivity index (χ3n) is 3.45. The van der Waals surface area contributed by atoms with Gasteiger partial charge in [0, 0.05) is 23.6 Å². The van der Waals surface area contributed by atoms with Crippen LogP contribution < -0.4 is 10.6 Å². The average Bonchev–Trinajstić information content (AvgIpc) is 2.60. The summed E-state index contributed by atoms with van der Waals surface area (Å²) < 4.78 is 39.8. The minimum absolute atomic E-state index is 0.00255. The molecule has 8 heteroatoms. The number of benzene rings is 2. The van der Waals surface area contributed by atoms with Crippen molar-refractivity contribution in [2.75, 3.05) is 16.9 Å². The van der Waals surface area contributed by atoms with Crippen molar-refractivity contribution in [2.45, 2.75) is 18.0 Å². The molecular formula is C19H17F3N2O2S. The fourth-order valence-electron chi connectivity index (χ4n) is 2.23. The van der Waals surface area contributed by atoms with Crippen LogP contribution in [0.3, 0.4) is 0 Å². The number of carbonyl (C=O) groups is 2. The van der Waals surface area contributed by atoms with Crippen LogP contribution >= 0.6 is 11.8 Å². The summed E-state index contributed by atoms with van der Waals surface area (Å²) in [6.45, 7) is 1.19. The Morgan fingerprint density at radius 3 is 2.26 bits per heavy atom. The van der Waals surface area contributed by atoms with Crippen molar-refractivity contribution in [3.63, 3.8) is 0 Å². The van der Waals surface area contributed by atoms with Crippen LogP contribution in [0.15, 0.2) is 53.4 Å². The van der Waals surface area contributed by atoms with E-state index in [-0.39, 0.29) is 11.4 Å². The van der Waals surface area contributed by atoms with E-state index in [1.165, 1.54) is 19.1 Å². The standard InChI is InChI=1S/C19H17F3N2O2S/c1-12(25)23-14-6-9-17(16(11-14)19(20,21)22)24-18(26)10-5-13-3-7-15(27-2)8-4-13/h3-11H,1-2H3,(H,23,25)(H,24,26)/b10-5+. The van der Waals surface area contributed by atoms with Gasteiger partial charge in [-0.05, 0) is 48.2 Å². The van der Waals surface area contributed by atoms with Gasteiger partial charge in [0.1, 0.15) is 0 Å². The topological polar surface area (TPSA) is 58.2 Å². The quantitative estimate of drug-likeness (QED) is 0.552. The number of hydrogen-bond acceptors (Lipinski definition) is 3. The zero-order chi connectivity index (χ0) is 20.0. The van der Waals surface area contributed by atoms with Gasteiger partial charge < -0.3 is 10.6 Å². The van der Waals surface area contributed by atoms with Crippen LogP contribution in [0.25, 0.3) is 6.08 Å². The van der Waals surface area contributed by atoms with Gasteiger partial charge in [-0.15, -0.1) is 11.8 Å². The van der Waals surface area contributed by atoms with Gasteiger partial charge in [-0.2, -0.15) is 13.2 Å². The third kappa shape index (κ3) is 6.18. The van der Waals surface area contributed by atoms with Crippen molar-refractivity contribution in [1.29, 1.82) is 0 Å². The van der Waals surface area contributed by atoms with Crippen molar-refractivity contribution in [3.05, 3.63) is 59.7 Å². The van der Waals surface area contributed by atoms with E-state index in [2.05, 4.69) is 10.6 Å². The molecule has 2 aromatic rings. The van der Waals surface area contributed by atoms with Gasteiger partial charge in [0.05, 0.1) is 11.3 Å². The van der Waals surface area contributed by atoms with E-state index in [4.69, 9.17) is 0 Å². The Kier molecular flexibility index (Phi) is 6.68. The van der Waals surface area contributed by atoms with Crippen LogP contribution in [0.4, 0.5) is 24.5 Å². The Balaban J connectivity index is 2.18. The number of rotatable bonds is 5. The smallest absolute Gasteiger partial charge is 0.326 e. The highest BCUT2D eigenvalue weighted by molar-refractivity contribution is 7.98. The summed E-state index contributed by atoms with van der Waals surface area (Å²) in [6.07, 6.45) is -0.0729. The lowest BCUT2D eigenvalue weighted by molar-refractivity contribution is -0.137. The molecule has 0 aromatic heterocycles. The van der Waals surface area contributed by atoms with E-state index in [1.54, 1.807) is 23.9 Å². The Hall–Kier alpha value is -2.74. The molecular weight excluding hydrogens is 377 g/mol. The number of thioether (sulfide) groups is 1. The molecule has 0 aliphatic carbocycles. The molecule has 4 nitrogen and oxygen atoms in total. The van der Waals surface area contributed by atoms with E-state index in [9.17, 15) is 22.8 Å². The molecule has 0 spiro atoms. The normalized spacial score (nSPS) is 11.4. The molecule has 2 amide bonds. The van der Waals surface area contributed by atoms with Crippen molar-refractivity contribution in [1.82, 2.24) is 0 Å². The first-order valence-corrected chi connectivity index (χ1v) is 9.03. The molecule has 0 aliphatic heterocycles. The van der Waals surface area contributed by atoms with Gasteiger partial charge in [-0.3, -0.25) is 9.59 Å². The van der Waals surface area contributed by atoms with E-state index in [1.807, 2.05) is 18.4 Å². The van der Waals surface area contributed by atoms with Crippen LogP contribution in [0.5, 0.6) is 0 Å². The molecule has 2 N–H and O–H groups in total. The summed E-state index contributed by atoms with van der Waals surface area (Å²) >= 11 is 1.58. The van der Waals surface area contributed by atoms with Crippen LogP contribution in [0.1, 0.15) is 18.1 Å². The van der Waals surface area contributed by atoms with Crippen LogP contribution in [0, 0.1) is 0 Å². The lowest BCUT2D eigenvalue weighted by Gasteiger charge is -2.15. The largest absolute Gasteiger partial charge is 0.418 e. The first-order valence-electron chi connectivity index (χ1n) is 7.81. The highest BCUT2D eigenvalue weighted by Gasteiger charge is 2.34. The summed E-state index contributed by atoms with van der Waals surface area (Å²) in [5.41, 5.74) is -0.680. The molecule has 0 heterocycles. The molecule has 0 aliphatic rings. The maximum atomic E-state index is 13.3. The lowest BCUT2D eigenvalue weighted by Crippen LogP contribution is -2.16. The van der Waals surface area contributed by atoms with Gasteiger partial charge in [-0.1, -0.05) is 12.1 Å². The Labute approximate surface area is 158 Å². The predicted molar refractivity (Wildman–Crippen MR) is 102 cm³/mol. The fourth-order valence-corrected chi connectivity index (χ4v) is 2.64. The zero-order valence-corrected chi connectivity index (χ0v) is 15.4. The fraction of sp³-hybridized carbons (Fsp3) is 0.158. The molecule has 0 radical (unpaired) electrons. The van der Waals surface area contributed by atoms with E-state index in [0.29, 0.717) is 0 Å². The Morgan fingerprint density at radius 2 is 1.70 bits per heavy atom. The maximum Gasteiger partial charge on any atom is 0.418 e. The summed E-state index contributed by atoms with van der Waals surface area (Å²) in [6, 6.07) is 10.5. The molecule has 142 valence electrons. The highest BCUT2D eigenvalue weighted by Crippen LogP contribution is 2.36. The monoisotopic (exact) mass is 394 g/mol. The van der Waals surface area contributed by atoms with E-state index in [0.717, 1.165) is 28.7 Å². The molecule has 0 saturated carbocycles. The maximum absolute atomic E-state index is 13.3. The van der Waals surface area contributed by atoms with Gasteiger partial charge in [0.15, 0.2) is 0 Å². The molecule has 2 aromatic carbocycles. The number of carbonyl (C=O) groups excluding carboxylic acids is 2. The number of nitrogens with one attached hydrogen (secondary N) is 2. The van der Waals surface area contributed by atoms with Crippen molar-refractivity contribution in [2.24, 2.45) is 0 Å². The lowest BCUT2D eigenvalue weighted by atomic mass is 10.1. The van der Waals surface area contributed by atoms with E-state index >= 15 is 0 Å². The van der Waals surface area contributed by atoms with Crippen LogP contribution in [0.2, 0.25) is 0 Å². The second-order valence-electron chi connectivity index (χ2n) is 5.54. The number of halogens is 3. The summed E-state index contributed by atoms with van der Waals surface area (Å²) in [4.78, 5) is 24.1. The molecule has 0 unspecified atom stereocenters. The average molecular weight is 394 g/mol. The molecule has 0 fully saturated rings. The first-order chi connectivity index (χ1) is 12.7. The molecule has 0 atom stereocenters. The van der Waals surface area contributed by atoms with Crippen molar-refractivity contribution in [3.8, 4) is 0 Å². The second kappa shape index (κ2) is 8.77. The van der Waals surface area contributed by atoms with Crippen LogP contribution in [-0.2, 0) is 15.8 Å². The van der Waals surface area contributed by atoms with Crippen molar-refractivity contribution < 1.29 is 22.8 Å². The minimum atomic E-state index is -4.69. The second-order valence-corrected chi connectivity index (χ2v) is 6.41. The molecule has 0 bridgehead atoms. The Morgan fingerprint density at radius 1 is 1.04 bits per heavy atom. The Bertz CT molecular complexity index is 862. The van der Waals surface area contributed by atoms with Gasteiger partial charge in [0.2, 0.25) is 11.8 Å². The molecule has 2 rings (SSSR count). The predicted octanol–water partition coefficient (Wildman–Crippen LogP) is 5.04. The number of alkyl halides is 3. The highest BCUT2D eigenvalue weighted by atomic mass is 32.2. The van der Waals surface area contributed by atoms with Gasteiger partial charge in [0.25, 0.3) is 0 Å². The summed E-state index contributed by atoms with van der Waals surface area (Å²) in [5, 5.41) is 4.51. The van der Waals surface area contributed by atoms with Crippen LogP contribution in [-0.4, -0.2) is 18.1 Å². The molecule has 27 heavy (non-hydrogen) atoms. The number of anilines is 2. The van der Waals surface area contributed by atoms with Gasteiger partial charge >= 0.3 is 6.18 Å². The SMILES string of the molecule is CSc1ccc(/C=C/C(=O)Nc2ccc(NC(C)=O)cc2C(F)(F)F)cc1. The zero-order valence-electron chi connectivity index (χ0n) is 14.6. The number of amides is 2. The first kappa shape index (κ1) is 20.6. The minimum Gasteiger partial charge on any atom is -0.326 e. The van der Waals surface area contributed by atoms with Crippen molar-refractivity contribution >= 4 is 41.0 Å².